The van der Waals surface area contributed by atoms with Gasteiger partial charge in [-0.3, -0.25) is 4.79 Å². The molecular weight excluding hydrogens is 919 g/mol. The smallest absolute Gasteiger partial charge is 0.249 e. The van der Waals surface area contributed by atoms with E-state index in [1.807, 2.05) is 0 Å². The summed E-state index contributed by atoms with van der Waals surface area (Å²) in [5.41, 5.74) is 0. The van der Waals surface area contributed by atoms with Crippen LogP contribution in [0.25, 0.3) is 0 Å². The summed E-state index contributed by atoms with van der Waals surface area (Å²) in [7, 11) is 0. The lowest BCUT2D eigenvalue weighted by molar-refractivity contribution is -0.303. The van der Waals surface area contributed by atoms with E-state index in [1.165, 1.54) is 244 Å². The number of hydrogen-bond donors (Lipinski definition) is 8. The Morgan fingerprint density at radius 2 is 0.712 bits per heavy atom. The van der Waals surface area contributed by atoms with Gasteiger partial charge in [-0.15, -0.1) is 0 Å². The van der Waals surface area contributed by atoms with Crippen molar-refractivity contribution in [1.29, 1.82) is 0 Å². The Morgan fingerprint density at radius 1 is 0.425 bits per heavy atom. The quantitative estimate of drug-likeness (QED) is 0.0272. The minimum Gasteiger partial charge on any atom is -0.394 e. The van der Waals surface area contributed by atoms with Gasteiger partial charge in [0.05, 0.1) is 25.4 Å². The molecule has 11 heteroatoms. The Hall–Kier alpha value is -0.890. The van der Waals surface area contributed by atoms with Crippen LogP contribution in [0.1, 0.15) is 322 Å². The summed E-state index contributed by atoms with van der Waals surface area (Å²) in [6.07, 6.45) is 48.8. The second-order valence-electron chi connectivity index (χ2n) is 22.9. The first kappa shape index (κ1) is 70.1. The molecule has 0 radical (unpaired) electrons. The van der Waals surface area contributed by atoms with Gasteiger partial charge < -0.3 is 50.5 Å². The van der Waals surface area contributed by atoms with Crippen molar-refractivity contribution >= 4 is 5.91 Å². The molecule has 73 heavy (non-hydrogen) atoms. The third-order valence-corrected chi connectivity index (χ3v) is 15.9. The number of aliphatic hydroxyl groups is 7. The molecule has 1 amide bonds. The Balaban J connectivity index is 2.22. The van der Waals surface area contributed by atoms with Crippen molar-refractivity contribution in [2.75, 3.05) is 13.2 Å². The summed E-state index contributed by atoms with van der Waals surface area (Å²) in [4.78, 5) is 13.2. The molecule has 9 unspecified atom stereocenters. The van der Waals surface area contributed by atoms with Crippen LogP contribution >= 0.6 is 0 Å². The van der Waals surface area contributed by atoms with E-state index in [4.69, 9.17) is 9.47 Å². The third-order valence-electron chi connectivity index (χ3n) is 15.9. The molecule has 1 aliphatic rings. The number of aliphatic hydroxyl groups excluding tert-OH is 7. The van der Waals surface area contributed by atoms with E-state index < -0.39 is 74.2 Å². The summed E-state index contributed by atoms with van der Waals surface area (Å²) < 4.78 is 11.2. The van der Waals surface area contributed by atoms with Crippen LogP contribution in [-0.2, 0) is 14.3 Å². The summed E-state index contributed by atoms with van der Waals surface area (Å²) in [5, 5.41) is 76.3. The molecule has 0 aromatic heterocycles. The molecule has 1 fully saturated rings. The predicted octanol–water partition coefficient (Wildman–Crippen LogP) is 14.1. The first-order chi connectivity index (χ1) is 35.7. The second kappa shape index (κ2) is 51.8. The highest BCUT2D eigenvalue weighted by atomic mass is 16.7. The molecule has 11 nitrogen and oxygen atoms in total. The number of carbonyl (C=O) groups is 1. The molecule has 436 valence electrons. The fourth-order valence-corrected chi connectivity index (χ4v) is 10.7. The van der Waals surface area contributed by atoms with Crippen LogP contribution in [0.15, 0.2) is 0 Å². The normalized spacial score (nSPS) is 19.8. The number of hydrogen-bond acceptors (Lipinski definition) is 10. The maximum Gasteiger partial charge on any atom is 0.249 e. The van der Waals surface area contributed by atoms with Crippen molar-refractivity contribution in [3.8, 4) is 0 Å². The van der Waals surface area contributed by atoms with E-state index in [-0.39, 0.29) is 6.42 Å². The van der Waals surface area contributed by atoms with Gasteiger partial charge >= 0.3 is 0 Å². The number of nitrogens with one attached hydrogen (secondary N) is 1. The van der Waals surface area contributed by atoms with E-state index in [0.717, 1.165) is 38.5 Å². The Morgan fingerprint density at radius 3 is 1.01 bits per heavy atom. The minimum absolute atomic E-state index is 0.267. The van der Waals surface area contributed by atoms with Gasteiger partial charge in [-0.1, -0.05) is 309 Å². The molecule has 1 rings (SSSR count). The zero-order valence-electron chi connectivity index (χ0n) is 47.9. The molecule has 0 bridgehead atoms. The molecule has 0 spiro atoms. The van der Waals surface area contributed by atoms with Crippen LogP contribution in [0.5, 0.6) is 0 Å². The van der Waals surface area contributed by atoms with Crippen molar-refractivity contribution in [2.45, 2.75) is 377 Å². The first-order valence-corrected chi connectivity index (χ1v) is 31.9. The van der Waals surface area contributed by atoms with Crippen LogP contribution < -0.4 is 5.32 Å². The van der Waals surface area contributed by atoms with Crippen LogP contribution in [0.3, 0.4) is 0 Å². The van der Waals surface area contributed by atoms with E-state index in [0.29, 0.717) is 19.3 Å². The largest absolute Gasteiger partial charge is 0.394 e. The fourth-order valence-electron chi connectivity index (χ4n) is 10.7. The summed E-state index contributed by atoms with van der Waals surface area (Å²) in [6, 6.07) is -1.16. The Kier molecular flexibility index (Phi) is 49.8. The SMILES string of the molecule is CCCCCCCCCCCCCCCCCCCCCCCCCCCCCCC(O)C(O)C(COC1OC(CO)C(O)C(O)C1O)NC(=O)C(O)CCCCCCCCCCCCCCCCCCCC. The maximum absolute atomic E-state index is 13.2. The van der Waals surface area contributed by atoms with Gasteiger partial charge in [0.25, 0.3) is 0 Å². The van der Waals surface area contributed by atoms with Crippen molar-refractivity contribution in [2.24, 2.45) is 0 Å². The topological polar surface area (TPSA) is 189 Å². The van der Waals surface area contributed by atoms with E-state index in [1.54, 1.807) is 0 Å². The summed E-state index contributed by atoms with van der Waals surface area (Å²) >= 11 is 0. The standard InChI is InChI=1S/C62H123NO10/c1-3-5-7-9-11-13-15-17-19-21-23-24-25-26-27-28-29-30-31-32-34-35-37-39-41-43-45-47-49-54(65)57(67)53(52-72-62-60(70)59(69)58(68)56(51-64)73-62)63-61(71)55(66)50-48-46-44-42-40-38-36-33-22-20-18-16-14-12-10-8-6-4-2/h53-60,62,64-70H,3-52H2,1-2H3,(H,63,71). The lowest BCUT2D eigenvalue weighted by Gasteiger charge is -2.40. The molecule has 1 heterocycles. The number of ether oxygens (including phenoxy) is 2. The summed E-state index contributed by atoms with van der Waals surface area (Å²) in [6.45, 7) is 3.51. The number of amides is 1. The highest BCUT2D eigenvalue weighted by molar-refractivity contribution is 5.80. The molecule has 0 aromatic rings. The van der Waals surface area contributed by atoms with Crippen LogP contribution in [-0.4, -0.2) is 110 Å². The highest BCUT2D eigenvalue weighted by Crippen LogP contribution is 2.24. The first-order valence-electron chi connectivity index (χ1n) is 31.9. The van der Waals surface area contributed by atoms with E-state index >= 15 is 0 Å². The van der Waals surface area contributed by atoms with Gasteiger partial charge in [-0.25, -0.2) is 0 Å². The zero-order valence-corrected chi connectivity index (χ0v) is 47.9. The van der Waals surface area contributed by atoms with Crippen LogP contribution in [0.4, 0.5) is 0 Å². The minimum atomic E-state index is -1.66. The lowest BCUT2D eigenvalue weighted by atomic mass is 9.98. The number of unbranched alkanes of at least 4 members (excludes halogenated alkanes) is 44. The van der Waals surface area contributed by atoms with Crippen LogP contribution in [0, 0.1) is 0 Å². The van der Waals surface area contributed by atoms with Gasteiger partial charge in [0.1, 0.15) is 36.6 Å². The van der Waals surface area contributed by atoms with Crippen molar-refractivity contribution < 1.29 is 50.0 Å². The predicted molar refractivity (Wildman–Crippen MR) is 303 cm³/mol. The lowest BCUT2D eigenvalue weighted by Crippen LogP contribution is -2.60. The molecular formula is C62H123NO10. The second-order valence-corrected chi connectivity index (χ2v) is 22.9. The van der Waals surface area contributed by atoms with E-state index in [2.05, 4.69) is 19.2 Å². The summed E-state index contributed by atoms with van der Waals surface area (Å²) in [5.74, 6) is -0.689. The molecule has 0 saturated carbocycles. The van der Waals surface area contributed by atoms with Crippen LogP contribution in [0.2, 0.25) is 0 Å². The maximum atomic E-state index is 13.2. The van der Waals surface area contributed by atoms with Crippen molar-refractivity contribution in [3.05, 3.63) is 0 Å². The molecule has 0 aromatic carbocycles. The van der Waals surface area contributed by atoms with Gasteiger partial charge in [0.2, 0.25) is 5.91 Å². The average Bonchev–Trinajstić information content (AvgIpc) is 3.39. The number of carbonyl (C=O) groups excluding carboxylic acids is 1. The van der Waals surface area contributed by atoms with Crippen molar-refractivity contribution in [3.63, 3.8) is 0 Å². The highest BCUT2D eigenvalue weighted by Gasteiger charge is 2.44. The fraction of sp³-hybridized carbons (Fsp3) is 0.984. The van der Waals surface area contributed by atoms with Crippen molar-refractivity contribution in [1.82, 2.24) is 5.32 Å². The molecule has 1 saturated heterocycles. The Labute approximate surface area is 449 Å². The molecule has 9 atom stereocenters. The average molecular weight is 1040 g/mol. The molecule has 8 N–H and O–H groups in total. The van der Waals surface area contributed by atoms with Gasteiger partial charge in [0.15, 0.2) is 6.29 Å². The van der Waals surface area contributed by atoms with Gasteiger partial charge in [-0.2, -0.15) is 0 Å². The zero-order chi connectivity index (χ0) is 53.3. The van der Waals surface area contributed by atoms with E-state index in [9.17, 15) is 40.5 Å². The molecule has 0 aliphatic carbocycles. The Bertz CT molecular complexity index is 1150. The number of rotatable bonds is 56. The molecule has 1 aliphatic heterocycles. The monoisotopic (exact) mass is 1040 g/mol. The third kappa shape index (κ3) is 40.0. The van der Waals surface area contributed by atoms with Gasteiger partial charge in [0, 0.05) is 0 Å². The van der Waals surface area contributed by atoms with Gasteiger partial charge in [-0.05, 0) is 12.8 Å².